The van der Waals surface area contributed by atoms with Crippen LogP contribution in [0.15, 0.2) is 18.2 Å². The Bertz CT molecular complexity index is 610. The van der Waals surface area contributed by atoms with Gasteiger partial charge in [0, 0.05) is 19.0 Å². The molecule has 1 atom stereocenters. The van der Waals surface area contributed by atoms with Gasteiger partial charge in [-0.1, -0.05) is 6.07 Å². The van der Waals surface area contributed by atoms with Crippen LogP contribution in [0.5, 0.6) is 0 Å². The van der Waals surface area contributed by atoms with Gasteiger partial charge in [0.15, 0.2) is 0 Å². The Labute approximate surface area is 135 Å². The predicted molar refractivity (Wildman–Crippen MR) is 84.7 cm³/mol. The van der Waals surface area contributed by atoms with E-state index in [0.717, 1.165) is 18.4 Å². The molecule has 2 N–H and O–H groups in total. The molecule has 1 aromatic carbocycles. The molecule has 0 spiro atoms. The highest BCUT2D eigenvalue weighted by molar-refractivity contribution is 5.93. The molecule has 1 heterocycles. The highest BCUT2D eigenvalue weighted by atomic mass is 19.1. The predicted octanol–water partition coefficient (Wildman–Crippen LogP) is 3.04. The Kier molecular flexibility index (Phi) is 4.92. The molecule has 2 rings (SSSR count). The first kappa shape index (κ1) is 17.2. The van der Waals surface area contributed by atoms with Gasteiger partial charge in [-0.25, -0.2) is 9.18 Å². The maximum absolute atomic E-state index is 13.6. The quantitative estimate of drug-likeness (QED) is 0.909. The zero-order valence-corrected chi connectivity index (χ0v) is 13.8. The fourth-order valence-corrected chi connectivity index (χ4v) is 2.73. The molecule has 1 unspecified atom stereocenters. The van der Waals surface area contributed by atoms with Crippen molar-refractivity contribution in [1.82, 2.24) is 4.90 Å². The van der Waals surface area contributed by atoms with E-state index in [4.69, 9.17) is 10.5 Å². The van der Waals surface area contributed by atoms with Crippen molar-refractivity contribution in [3.63, 3.8) is 0 Å². The normalized spacial score (nSPS) is 18.6. The Hall–Kier alpha value is -2.11. The van der Waals surface area contributed by atoms with Crippen LogP contribution in [0.25, 0.3) is 0 Å². The van der Waals surface area contributed by atoms with E-state index in [9.17, 15) is 14.0 Å². The number of hydrogen-bond acceptors (Lipinski definition) is 3. The number of primary amides is 1. The summed E-state index contributed by atoms with van der Waals surface area (Å²) in [5, 5.41) is 0. The lowest BCUT2D eigenvalue weighted by molar-refractivity contribution is 0.0198. The van der Waals surface area contributed by atoms with Gasteiger partial charge in [-0.15, -0.1) is 0 Å². The number of nitrogens with two attached hydrogens (primary N) is 1. The van der Waals surface area contributed by atoms with Gasteiger partial charge in [0.1, 0.15) is 11.4 Å². The van der Waals surface area contributed by atoms with Crippen LogP contribution in [-0.2, 0) is 4.74 Å². The minimum absolute atomic E-state index is 0.0370. The van der Waals surface area contributed by atoms with Crippen LogP contribution in [0.2, 0.25) is 0 Å². The number of ether oxygens (including phenoxy) is 1. The highest BCUT2D eigenvalue weighted by Gasteiger charge is 2.28. The number of amides is 2. The van der Waals surface area contributed by atoms with Gasteiger partial charge in [0.2, 0.25) is 0 Å². The monoisotopic (exact) mass is 322 g/mol. The van der Waals surface area contributed by atoms with Crippen LogP contribution in [0.1, 0.15) is 55.5 Å². The van der Waals surface area contributed by atoms with Gasteiger partial charge in [-0.05, 0) is 51.3 Å². The molecule has 6 heteroatoms. The second-order valence-electron chi connectivity index (χ2n) is 6.87. The van der Waals surface area contributed by atoms with Gasteiger partial charge >= 0.3 is 6.09 Å². The van der Waals surface area contributed by atoms with E-state index in [0.29, 0.717) is 13.1 Å². The van der Waals surface area contributed by atoms with Gasteiger partial charge in [0.05, 0.1) is 5.56 Å². The maximum Gasteiger partial charge on any atom is 0.410 e. The Balaban J connectivity index is 2.14. The summed E-state index contributed by atoms with van der Waals surface area (Å²) in [5.41, 5.74) is 5.35. The standard InChI is InChI=1S/C17H23FN2O3/c1-17(2,3)23-16(22)20-8-4-5-12(10-20)11-6-7-14(18)13(9-11)15(19)21/h6-7,9,12H,4-5,8,10H2,1-3H3,(H2,19,21). The minimum atomic E-state index is -0.788. The molecule has 0 bridgehead atoms. The number of hydrogen-bond donors (Lipinski definition) is 1. The first-order chi connectivity index (χ1) is 10.7. The molecule has 126 valence electrons. The van der Waals surface area contributed by atoms with E-state index < -0.39 is 17.3 Å². The van der Waals surface area contributed by atoms with Crippen molar-refractivity contribution in [1.29, 1.82) is 0 Å². The third-order valence-electron chi connectivity index (χ3n) is 3.80. The first-order valence-corrected chi connectivity index (χ1v) is 7.74. The number of benzene rings is 1. The molecular formula is C17H23FN2O3. The third kappa shape index (κ3) is 4.43. The maximum atomic E-state index is 13.6. The Morgan fingerprint density at radius 1 is 1.35 bits per heavy atom. The number of halogens is 1. The van der Waals surface area contributed by atoms with Gasteiger partial charge in [0.25, 0.3) is 5.91 Å². The Morgan fingerprint density at radius 2 is 2.04 bits per heavy atom. The lowest BCUT2D eigenvalue weighted by atomic mass is 9.89. The zero-order valence-electron chi connectivity index (χ0n) is 13.8. The summed E-state index contributed by atoms with van der Waals surface area (Å²) in [5.74, 6) is -1.37. The second kappa shape index (κ2) is 6.56. The molecule has 1 saturated heterocycles. The third-order valence-corrected chi connectivity index (χ3v) is 3.80. The fourth-order valence-electron chi connectivity index (χ4n) is 2.73. The molecule has 1 fully saturated rings. The number of carbonyl (C=O) groups excluding carboxylic acids is 2. The second-order valence-corrected chi connectivity index (χ2v) is 6.87. The van der Waals surface area contributed by atoms with Gasteiger partial charge < -0.3 is 15.4 Å². The van der Waals surface area contributed by atoms with Crippen molar-refractivity contribution < 1.29 is 18.7 Å². The topological polar surface area (TPSA) is 72.6 Å². The van der Waals surface area contributed by atoms with Crippen LogP contribution >= 0.6 is 0 Å². The molecule has 5 nitrogen and oxygen atoms in total. The van der Waals surface area contributed by atoms with Gasteiger partial charge in [-0.2, -0.15) is 0 Å². The van der Waals surface area contributed by atoms with Crippen molar-refractivity contribution in [2.45, 2.75) is 45.1 Å². The van der Waals surface area contributed by atoms with Gasteiger partial charge in [-0.3, -0.25) is 4.79 Å². The number of rotatable bonds is 2. The summed E-state index contributed by atoms with van der Waals surface area (Å²) in [7, 11) is 0. The number of carbonyl (C=O) groups is 2. The molecule has 23 heavy (non-hydrogen) atoms. The summed E-state index contributed by atoms with van der Waals surface area (Å²) < 4.78 is 19.0. The lowest BCUT2D eigenvalue weighted by Crippen LogP contribution is -2.42. The average molecular weight is 322 g/mol. The number of likely N-dealkylation sites (tertiary alicyclic amines) is 1. The SMILES string of the molecule is CC(C)(C)OC(=O)N1CCCC(c2ccc(F)c(C(N)=O)c2)C1. The van der Waals surface area contributed by atoms with Crippen molar-refractivity contribution in [2.24, 2.45) is 5.73 Å². The first-order valence-electron chi connectivity index (χ1n) is 7.74. The van der Waals surface area contributed by atoms with E-state index >= 15 is 0 Å². The molecule has 1 aliphatic rings. The molecule has 0 aromatic heterocycles. The number of piperidine rings is 1. The molecule has 2 amide bonds. The summed E-state index contributed by atoms with van der Waals surface area (Å²) in [6, 6.07) is 4.38. The molecule has 1 aromatic rings. The molecule has 0 aliphatic carbocycles. The van der Waals surface area contributed by atoms with Crippen LogP contribution in [0.4, 0.5) is 9.18 Å². The molecule has 1 aliphatic heterocycles. The van der Waals surface area contributed by atoms with Crippen LogP contribution in [-0.4, -0.2) is 35.6 Å². The zero-order chi connectivity index (χ0) is 17.2. The van der Waals surface area contributed by atoms with E-state index in [1.165, 1.54) is 12.1 Å². The summed E-state index contributed by atoms with van der Waals surface area (Å²) in [4.78, 5) is 25.1. The molecule has 0 radical (unpaired) electrons. The number of nitrogens with zero attached hydrogens (tertiary/aromatic N) is 1. The summed E-state index contributed by atoms with van der Waals surface area (Å²) in [6.45, 7) is 6.59. The van der Waals surface area contributed by atoms with Crippen molar-refractivity contribution in [3.8, 4) is 0 Å². The van der Waals surface area contributed by atoms with E-state index in [2.05, 4.69) is 0 Å². The van der Waals surface area contributed by atoms with Crippen molar-refractivity contribution >= 4 is 12.0 Å². The Morgan fingerprint density at radius 3 is 2.65 bits per heavy atom. The van der Waals surface area contributed by atoms with Crippen molar-refractivity contribution in [2.75, 3.05) is 13.1 Å². The van der Waals surface area contributed by atoms with E-state index in [1.807, 2.05) is 20.8 Å². The lowest BCUT2D eigenvalue weighted by Gasteiger charge is -2.34. The average Bonchev–Trinajstić information content (AvgIpc) is 2.46. The molecular weight excluding hydrogens is 299 g/mol. The highest BCUT2D eigenvalue weighted by Crippen LogP contribution is 2.29. The minimum Gasteiger partial charge on any atom is -0.444 e. The van der Waals surface area contributed by atoms with Crippen LogP contribution < -0.4 is 5.73 Å². The van der Waals surface area contributed by atoms with Crippen molar-refractivity contribution in [3.05, 3.63) is 35.1 Å². The summed E-state index contributed by atoms with van der Waals surface area (Å²) in [6.07, 6.45) is 1.34. The summed E-state index contributed by atoms with van der Waals surface area (Å²) >= 11 is 0. The van der Waals surface area contributed by atoms with E-state index in [1.54, 1.807) is 11.0 Å². The fraction of sp³-hybridized carbons (Fsp3) is 0.529. The van der Waals surface area contributed by atoms with E-state index in [-0.39, 0.29) is 17.6 Å². The molecule has 0 saturated carbocycles. The smallest absolute Gasteiger partial charge is 0.410 e. The largest absolute Gasteiger partial charge is 0.444 e. The van der Waals surface area contributed by atoms with Crippen LogP contribution in [0.3, 0.4) is 0 Å². The van der Waals surface area contributed by atoms with Crippen LogP contribution in [0, 0.1) is 5.82 Å².